The zero-order valence-electron chi connectivity index (χ0n) is 17.2. The first kappa shape index (κ1) is 19.9. The van der Waals surface area contributed by atoms with Crippen molar-refractivity contribution in [3.05, 3.63) is 33.9 Å². The molecule has 164 valence electrons. The molecule has 3 aliphatic rings. The second-order valence-electron chi connectivity index (χ2n) is 8.51. The maximum absolute atomic E-state index is 15.1. The number of anilines is 1. The quantitative estimate of drug-likeness (QED) is 0.646. The lowest BCUT2D eigenvalue weighted by atomic mass is 10.1. The number of fused-ring (bicyclic) bond motifs is 1. The molecule has 3 heterocycles. The number of carboxylic acids is 1. The zero-order chi connectivity index (χ0) is 21.7. The third-order valence-electron chi connectivity index (χ3n) is 6.11. The fourth-order valence-corrected chi connectivity index (χ4v) is 4.16. The van der Waals surface area contributed by atoms with Crippen LogP contribution in [0.3, 0.4) is 0 Å². The van der Waals surface area contributed by atoms with Crippen LogP contribution >= 0.6 is 0 Å². The highest BCUT2D eigenvalue weighted by Crippen LogP contribution is 2.37. The van der Waals surface area contributed by atoms with Gasteiger partial charge in [-0.3, -0.25) is 4.79 Å². The molecule has 1 unspecified atom stereocenters. The number of aromatic nitrogens is 2. The molecule has 0 aromatic carbocycles. The molecule has 2 N–H and O–H groups in total. The van der Waals surface area contributed by atoms with E-state index in [9.17, 15) is 14.7 Å². The molecule has 0 amide bonds. The summed E-state index contributed by atoms with van der Waals surface area (Å²) in [6, 6.07) is 1.74. The number of pyridine rings is 2. The van der Waals surface area contributed by atoms with E-state index in [4.69, 9.17) is 4.84 Å². The predicted molar refractivity (Wildman–Crippen MR) is 112 cm³/mol. The standard InChI is InChI=1S/C21H24FN5O4/c1-31-25-17-10-26(8-11(17)7-23-12-2-3-12)20-16(22)6-14-18(28)15(21(29)30)9-27(13-4-5-13)19(14)24-20/h6,9,11-13,23H,2-5,7-8,10H2,1H3,(H,29,30)/b25-17-. The molecule has 10 heteroatoms. The number of nitrogens with one attached hydrogen (secondary N) is 1. The predicted octanol–water partition coefficient (Wildman–Crippen LogP) is 1.76. The van der Waals surface area contributed by atoms with Crippen LogP contribution in [0, 0.1) is 11.7 Å². The van der Waals surface area contributed by atoms with Crippen LogP contribution in [-0.4, -0.2) is 59.1 Å². The van der Waals surface area contributed by atoms with Crippen molar-refractivity contribution < 1.29 is 19.1 Å². The molecule has 2 aromatic heterocycles. The topological polar surface area (TPSA) is 109 Å². The first-order valence-corrected chi connectivity index (χ1v) is 10.5. The summed E-state index contributed by atoms with van der Waals surface area (Å²) in [6.07, 6.45) is 5.42. The Kier molecular flexibility index (Phi) is 4.88. The van der Waals surface area contributed by atoms with E-state index >= 15 is 4.39 Å². The van der Waals surface area contributed by atoms with E-state index in [0.717, 1.165) is 31.2 Å². The largest absolute Gasteiger partial charge is 0.477 e. The molecular formula is C21H24FN5O4. The summed E-state index contributed by atoms with van der Waals surface area (Å²) in [6.45, 7) is 1.63. The van der Waals surface area contributed by atoms with E-state index in [0.29, 0.717) is 24.8 Å². The normalized spacial score (nSPS) is 22.5. The fourth-order valence-electron chi connectivity index (χ4n) is 4.16. The highest BCUT2D eigenvalue weighted by atomic mass is 19.1. The van der Waals surface area contributed by atoms with Crippen molar-refractivity contribution in [3.63, 3.8) is 0 Å². The number of hydrogen-bond donors (Lipinski definition) is 2. The number of aromatic carboxylic acids is 1. The molecular weight excluding hydrogens is 405 g/mol. The molecule has 5 rings (SSSR count). The first-order chi connectivity index (χ1) is 15.0. The summed E-state index contributed by atoms with van der Waals surface area (Å²) in [5.41, 5.74) is 0.0543. The molecule has 0 bridgehead atoms. The van der Waals surface area contributed by atoms with Crippen molar-refractivity contribution in [3.8, 4) is 0 Å². The van der Waals surface area contributed by atoms with Gasteiger partial charge in [0, 0.05) is 37.3 Å². The summed E-state index contributed by atoms with van der Waals surface area (Å²) in [5, 5.41) is 17.0. The maximum Gasteiger partial charge on any atom is 0.341 e. The van der Waals surface area contributed by atoms with Gasteiger partial charge in [-0.05, 0) is 31.7 Å². The Balaban J connectivity index is 1.54. The maximum atomic E-state index is 15.1. The van der Waals surface area contributed by atoms with Crippen LogP contribution < -0.4 is 15.6 Å². The minimum absolute atomic E-state index is 0.00928. The summed E-state index contributed by atoms with van der Waals surface area (Å²) in [4.78, 5) is 35.5. The molecule has 31 heavy (non-hydrogen) atoms. The highest BCUT2D eigenvalue weighted by molar-refractivity contribution is 5.95. The molecule has 3 fully saturated rings. The second kappa shape index (κ2) is 7.60. The van der Waals surface area contributed by atoms with Gasteiger partial charge in [0.1, 0.15) is 18.3 Å². The lowest BCUT2D eigenvalue weighted by Crippen LogP contribution is -2.30. The molecule has 1 atom stereocenters. The van der Waals surface area contributed by atoms with Crippen molar-refractivity contribution in [2.24, 2.45) is 11.1 Å². The van der Waals surface area contributed by atoms with Crippen LogP contribution in [0.15, 0.2) is 22.2 Å². The van der Waals surface area contributed by atoms with Gasteiger partial charge in [0.15, 0.2) is 11.6 Å². The number of oxime groups is 1. The van der Waals surface area contributed by atoms with Crippen LogP contribution in [0.5, 0.6) is 0 Å². The van der Waals surface area contributed by atoms with Crippen LogP contribution in [0.1, 0.15) is 42.1 Å². The number of carboxylic acid groups (broad SMARTS) is 1. The van der Waals surface area contributed by atoms with Gasteiger partial charge in [0.05, 0.1) is 17.6 Å². The van der Waals surface area contributed by atoms with Gasteiger partial charge in [0.2, 0.25) is 5.43 Å². The van der Waals surface area contributed by atoms with Gasteiger partial charge in [-0.25, -0.2) is 14.2 Å². The van der Waals surface area contributed by atoms with Crippen molar-refractivity contribution in [1.82, 2.24) is 14.9 Å². The van der Waals surface area contributed by atoms with Gasteiger partial charge >= 0.3 is 5.97 Å². The Morgan fingerprint density at radius 1 is 1.39 bits per heavy atom. The Morgan fingerprint density at radius 2 is 2.16 bits per heavy atom. The van der Waals surface area contributed by atoms with Crippen LogP contribution in [0.25, 0.3) is 11.0 Å². The van der Waals surface area contributed by atoms with Crippen LogP contribution in [-0.2, 0) is 4.84 Å². The molecule has 0 spiro atoms. The first-order valence-electron chi connectivity index (χ1n) is 10.5. The highest BCUT2D eigenvalue weighted by Gasteiger charge is 2.34. The Hall–Kier alpha value is -3.01. The van der Waals surface area contributed by atoms with E-state index in [1.54, 1.807) is 9.47 Å². The van der Waals surface area contributed by atoms with Crippen LogP contribution in [0.4, 0.5) is 10.2 Å². The number of halogens is 1. The van der Waals surface area contributed by atoms with E-state index in [-0.39, 0.29) is 28.7 Å². The smallest absolute Gasteiger partial charge is 0.341 e. The van der Waals surface area contributed by atoms with Crippen molar-refractivity contribution in [2.45, 2.75) is 37.8 Å². The molecule has 2 aromatic rings. The molecule has 9 nitrogen and oxygen atoms in total. The Morgan fingerprint density at radius 3 is 2.81 bits per heavy atom. The Bertz CT molecular complexity index is 1140. The fraction of sp³-hybridized carbons (Fsp3) is 0.524. The van der Waals surface area contributed by atoms with Crippen molar-refractivity contribution >= 4 is 28.5 Å². The average molecular weight is 429 g/mol. The number of hydrogen-bond acceptors (Lipinski definition) is 7. The zero-order valence-corrected chi connectivity index (χ0v) is 17.2. The SMILES string of the molecule is CO/N=C1/CN(c2nc3c(cc2F)c(=O)c(C(=O)O)cn3C2CC2)CC1CNC1CC1. The van der Waals surface area contributed by atoms with E-state index < -0.39 is 17.2 Å². The minimum atomic E-state index is -1.32. The van der Waals surface area contributed by atoms with Crippen LogP contribution in [0.2, 0.25) is 0 Å². The molecule has 2 saturated carbocycles. The monoisotopic (exact) mass is 429 g/mol. The lowest BCUT2D eigenvalue weighted by molar-refractivity contribution is 0.0695. The lowest BCUT2D eigenvalue weighted by Gasteiger charge is -2.19. The van der Waals surface area contributed by atoms with Gasteiger partial charge in [-0.1, -0.05) is 5.16 Å². The summed E-state index contributed by atoms with van der Waals surface area (Å²) in [5.74, 6) is -1.77. The van der Waals surface area contributed by atoms with Gasteiger partial charge in [-0.15, -0.1) is 0 Å². The third-order valence-corrected chi connectivity index (χ3v) is 6.11. The summed E-state index contributed by atoms with van der Waals surface area (Å²) >= 11 is 0. The van der Waals surface area contributed by atoms with E-state index in [2.05, 4.69) is 15.5 Å². The summed E-state index contributed by atoms with van der Waals surface area (Å²) < 4.78 is 16.8. The molecule has 1 saturated heterocycles. The van der Waals surface area contributed by atoms with E-state index in [1.807, 2.05) is 0 Å². The molecule has 1 aliphatic heterocycles. The van der Waals surface area contributed by atoms with Crippen molar-refractivity contribution in [1.29, 1.82) is 0 Å². The van der Waals surface area contributed by atoms with Gasteiger partial charge in [-0.2, -0.15) is 0 Å². The van der Waals surface area contributed by atoms with Gasteiger partial charge < -0.3 is 24.7 Å². The second-order valence-corrected chi connectivity index (χ2v) is 8.51. The number of carbonyl (C=O) groups is 1. The molecule has 0 radical (unpaired) electrons. The number of rotatable bonds is 7. The minimum Gasteiger partial charge on any atom is -0.477 e. The van der Waals surface area contributed by atoms with E-state index in [1.165, 1.54) is 26.1 Å². The van der Waals surface area contributed by atoms with Gasteiger partial charge in [0.25, 0.3) is 0 Å². The average Bonchev–Trinajstić information content (AvgIpc) is 3.66. The van der Waals surface area contributed by atoms with Crippen molar-refractivity contribution in [2.75, 3.05) is 31.6 Å². The Labute approximate surface area is 177 Å². The summed E-state index contributed by atoms with van der Waals surface area (Å²) in [7, 11) is 1.49. The third kappa shape index (κ3) is 3.76. The number of nitrogens with zero attached hydrogens (tertiary/aromatic N) is 4. The molecule has 2 aliphatic carbocycles.